The zero-order chi connectivity index (χ0) is 16.2. The molecule has 0 aliphatic rings. The van der Waals surface area contributed by atoms with Crippen LogP contribution in [0.25, 0.3) is 6.08 Å². The number of hydrogen-bond acceptors (Lipinski definition) is 2. The molecule has 0 radical (unpaired) electrons. The van der Waals surface area contributed by atoms with Crippen LogP contribution in [0, 0.1) is 0 Å². The third-order valence-corrected chi connectivity index (χ3v) is 3.72. The van der Waals surface area contributed by atoms with Gasteiger partial charge in [-0.25, -0.2) is 0 Å². The molecule has 1 aromatic rings. The molecule has 1 rings (SSSR count). The lowest BCUT2D eigenvalue weighted by Gasteiger charge is -2.25. The first-order chi connectivity index (χ1) is 10.8. The Hall–Kier alpha value is -1.70. The second-order valence-corrected chi connectivity index (χ2v) is 5.51. The zero-order valence-electron chi connectivity index (χ0n) is 14.6. The first kappa shape index (κ1) is 18.3. The lowest BCUT2D eigenvalue weighted by atomic mass is 10.1. The van der Waals surface area contributed by atoms with Gasteiger partial charge in [0.25, 0.3) is 0 Å². The fourth-order valence-corrected chi connectivity index (χ4v) is 2.37. The van der Waals surface area contributed by atoms with Crippen LogP contribution in [0.15, 0.2) is 36.4 Å². The summed E-state index contributed by atoms with van der Waals surface area (Å²) in [6, 6.07) is 6.53. The molecule has 0 fully saturated rings. The third-order valence-electron chi connectivity index (χ3n) is 3.72. The Morgan fingerprint density at radius 1 is 1.05 bits per heavy atom. The van der Waals surface area contributed by atoms with Crippen molar-refractivity contribution in [3.05, 3.63) is 42.0 Å². The standard InChI is InChI=1S/C20H31NO/c1-5-8-11-12-18-13-14-19(17-20(18)22-4)21(15-9-6-2)16-10-7-3/h5,8,11-14,17H,6-7,9-10,15-16H2,1-4H3/b8-5+,12-11+. The summed E-state index contributed by atoms with van der Waals surface area (Å²) in [4.78, 5) is 2.48. The van der Waals surface area contributed by atoms with Gasteiger partial charge in [0.15, 0.2) is 0 Å². The number of methoxy groups -OCH3 is 1. The Bertz CT molecular complexity index is 469. The van der Waals surface area contributed by atoms with E-state index in [-0.39, 0.29) is 0 Å². The van der Waals surface area contributed by atoms with Crippen LogP contribution in [0.2, 0.25) is 0 Å². The summed E-state index contributed by atoms with van der Waals surface area (Å²) in [5.41, 5.74) is 2.39. The van der Waals surface area contributed by atoms with E-state index in [9.17, 15) is 0 Å². The SMILES string of the molecule is C/C=C/C=C/c1ccc(N(CCCC)CCCC)cc1OC. The van der Waals surface area contributed by atoms with E-state index in [0.29, 0.717) is 0 Å². The number of anilines is 1. The van der Waals surface area contributed by atoms with Crippen molar-refractivity contribution in [2.45, 2.75) is 46.5 Å². The Balaban J connectivity index is 2.96. The Morgan fingerprint density at radius 2 is 1.73 bits per heavy atom. The van der Waals surface area contributed by atoms with Crippen molar-refractivity contribution in [2.24, 2.45) is 0 Å². The van der Waals surface area contributed by atoms with E-state index < -0.39 is 0 Å². The van der Waals surface area contributed by atoms with E-state index in [2.05, 4.69) is 43.0 Å². The van der Waals surface area contributed by atoms with Crippen molar-refractivity contribution in [1.82, 2.24) is 0 Å². The van der Waals surface area contributed by atoms with E-state index in [1.165, 1.54) is 31.4 Å². The van der Waals surface area contributed by atoms with E-state index >= 15 is 0 Å². The fraction of sp³-hybridized carbons (Fsp3) is 0.500. The van der Waals surface area contributed by atoms with Gasteiger partial charge in [-0.05, 0) is 31.9 Å². The summed E-state index contributed by atoms with van der Waals surface area (Å²) in [6.07, 6.45) is 13.1. The van der Waals surface area contributed by atoms with E-state index in [1.807, 2.05) is 25.2 Å². The van der Waals surface area contributed by atoms with Gasteiger partial charge in [-0.1, -0.05) is 51.0 Å². The Morgan fingerprint density at radius 3 is 2.27 bits per heavy atom. The van der Waals surface area contributed by atoms with Crippen LogP contribution in [0.1, 0.15) is 52.0 Å². The summed E-state index contributed by atoms with van der Waals surface area (Å²) in [5.74, 6) is 0.941. The molecule has 0 saturated carbocycles. The number of ether oxygens (including phenoxy) is 1. The molecule has 0 amide bonds. The van der Waals surface area contributed by atoms with Crippen molar-refractivity contribution < 1.29 is 4.74 Å². The number of nitrogens with zero attached hydrogens (tertiary/aromatic N) is 1. The van der Waals surface area contributed by atoms with Crippen molar-refractivity contribution in [3.8, 4) is 5.75 Å². The van der Waals surface area contributed by atoms with Gasteiger partial charge < -0.3 is 9.64 Å². The molecule has 1 aromatic carbocycles. The molecule has 0 bridgehead atoms. The van der Waals surface area contributed by atoms with E-state index in [4.69, 9.17) is 4.74 Å². The van der Waals surface area contributed by atoms with E-state index in [0.717, 1.165) is 24.4 Å². The minimum Gasteiger partial charge on any atom is -0.496 e. The van der Waals surface area contributed by atoms with Crippen LogP contribution >= 0.6 is 0 Å². The average molecular weight is 301 g/mol. The van der Waals surface area contributed by atoms with Gasteiger partial charge in [-0.2, -0.15) is 0 Å². The van der Waals surface area contributed by atoms with Gasteiger partial charge in [0, 0.05) is 30.4 Å². The first-order valence-corrected chi connectivity index (χ1v) is 8.49. The summed E-state index contributed by atoms with van der Waals surface area (Å²) < 4.78 is 5.57. The highest BCUT2D eigenvalue weighted by Gasteiger charge is 2.08. The smallest absolute Gasteiger partial charge is 0.128 e. The third kappa shape index (κ3) is 5.97. The van der Waals surface area contributed by atoms with Crippen LogP contribution in [0.4, 0.5) is 5.69 Å². The predicted molar refractivity (Wildman–Crippen MR) is 98.9 cm³/mol. The van der Waals surface area contributed by atoms with Gasteiger partial charge >= 0.3 is 0 Å². The Kier molecular flexibility index (Phi) is 9.13. The molecule has 2 nitrogen and oxygen atoms in total. The maximum absolute atomic E-state index is 5.57. The summed E-state index contributed by atoms with van der Waals surface area (Å²) in [5, 5.41) is 0. The lowest BCUT2D eigenvalue weighted by Crippen LogP contribution is -2.25. The summed E-state index contributed by atoms with van der Waals surface area (Å²) in [7, 11) is 1.74. The number of unbranched alkanes of at least 4 members (excludes halogenated alkanes) is 2. The largest absolute Gasteiger partial charge is 0.496 e. The van der Waals surface area contributed by atoms with Crippen LogP contribution in [-0.2, 0) is 0 Å². The molecule has 0 N–H and O–H groups in total. The quantitative estimate of drug-likeness (QED) is 0.515. The second-order valence-electron chi connectivity index (χ2n) is 5.51. The molecule has 122 valence electrons. The van der Waals surface area contributed by atoms with Gasteiger partial charge in [-0.3, -0.25) is 0 Å². The molecule has 0 saturated heterocycles. The van der Waals surface area contributed by atoms with Crippen LogP contribution in [0.5, 0.6) is 5.75 Å². The molecule has 0 atom stereocenters. The van der Waals surface area contributed by atoms with Crippen LogP contribution in [0.3, 0.4) is 0 Å². The molecular weight excluding hydrogens is 270 g/mol. The molecule has 0 unspecified atom stereocenters. The number of allylic oxidation sites excluding steroid dienone is 3. The maximum Gasteiger partial charge on any atom is 0.128 e. The van der Waals surface area contributed by atoms with Gasteiger partial charge in [0.05, 0.1) is 7.11 Å². The minimum absolute atomic E-state index is 0.941. The average Bonchev–Trinajstić information content (AvgIpc) is 2.55. The Labute approximate surface area is 136 Å². The van der Waals surface area contributed by atoms with Crippen LogP contribution < -0.4 is 9.64 Å². The molecule has 0 aliphatic carbocycles. The lowest BCUT2D eigenvalue weighted by molar-refractivity contribution is 0.414. The van der Waals surface area contributed by atoms with E-state index in [1.54, 1.807) is 7.11 Å². The number of benzene rings is 1. The van der Waals surface area contributed by atoms with Gasteiger partial charge in [0.1, 0.15) is 5.75 Å². The molecular formula is C20H31NO. The topological polar surface area (TPSA) is 12.5 Å². The van der Waals surface area contributed by atoms with Crippen molar-refractivity contribution in [1.29, 1.82) is 0 Å². The number of rotatable bonds is 10. The fourth-order valence-electron chi connectivity index (χ4n) is 2.37. The van der Waals surface area contributed by atoms with Crippen LogP contribution in [-0.4, -0.2) is 20.2 Å². The molecule has 0 aliphatic heterocycles. The highest BCUT2D eigenvalue weighted by Crippen LogP contribution is 2.27. The normalized spacial score (nSPS) is 11.5. The van der Waals surface area contributed by atoms with Crippen molar-refractivity contribution in [3.63, 3.8) is 0 Å². The maximum atomic E-state index is 5.57. The summed E-state index contributed by atoms with van der Waals surface area (Å²) in [6.45, 7) is 8.74. The van der Waals surface area contributed by atoms with Crippen molar-refractivity contribution in [2.75, 3.05) is 25.1 Å². The highest BCUT2D eigenvalue weighted by atomic mass is 16.5. The zero-order valence-corrected chi connectivity index (χ0v) is 14.6. The summed E-state index contributed by atoms with van der Waals surface area (Å²) >= 11 is 0. The van der Waals surface area contributed by atoms with Crippen molar-refractivity contribution >= 4 is 11.8 Å². The van der Waals surface area contributed by atoms with Gasteiger partial charge in [0.2, 0.25) is 0 Å². The molecule has 0 spiro atoms. The molecule has 0 heterocycles. The molecule has 22 heavy (non-hydrogen) atoms. The monoisotopic (exact) mass is 301 g/mol. The first-order valence-electron chi connectivity index (χ1n) is 8.49. The second kappa shape index (κ2) is 10.9. The molecule has 0 aromatic heterocycles. The highest BCUT2D eigenvalue weighted by molar-refractivity contribution is 5.64. The van der Waals surface area contributed by atoms with Gasteiger partial charge in [-0.15, -0.1) is 0 Å². The molecule has 2 heteroatoms. The predicted octanol–water partition coefficient (Wildman–Crippen LogP) is 5.69. The minimum atomic E-state index is 0.941. The number of hydrogen-bond donors (Lipinski definition) is 0.